The van der Waals surface area contributed by atoms with Crippen LogP contribution < -0.4 is 9.47 Å². The minimum Gasteiger partial charge on any atom is -0.427 e. The monoisotopic (exact) mass is 767 g/mol. The average molecular weight is 768 g/mol. The Balaban J connectivity index is 0.00000120. The van der Waals surface area contributed by atoms with Gasteiger partial charge in [-0.3, -0.25) is 9.79 Å². The molecule has 0 heterocycles. The van der Waals surface area contributed by atoms with E-state index in [1.165, 1.54) is 83.5 Å². The van der Waals surface area contributed by atoms with Crippen LogP contribution in [0.5, 0.6) is 11.5 Å². The van der Waals surface area contributed by atoms with Gasteiger partial charge in [0.2, 0.25) is 0 Å². The minimum absolute atomic E-state index is 0. The van der Waals surface area contributed by atoms with Crippen LogP contribution >= 0.6 is 0 Å². The Morgan fingerprint density at radius 1 is 0.611 bits per heavy atom. The zero-order valence-corrected chi connectivity index (χ0v) is 33.1. The standard InChI is InChI=1S/C43H52NO4.C5H5.Fe/c1-2-3-4-5-6-7-8-9-10-11-12-13-14-15-16-21-42(45)47-40-30-22-35(23-31-40)34-44-39-28-24-38(25-29-39)43(46)48-41-32-26-37(27-33-41)36-19-17-18-20-36;1-2-4-5-3-1;/h17-20,22-34H,2-16,21H2,1H3;1-5H;/q2*-1;+2. The molecule has 0 bridgehead atoms. The van der Waals surface area contributed by atoms with E-state index in [-0.39, 0.29) is 23.0 Å². The van der Waals surface area contributed by atoms with Gasteiger partial charge in [0.1, 0.15) is 11.5 Å². The predicted octanol–water partition coefficient (Wildman–Crippen LogP) is 13.6. The quantitative estimate of drug-likeness (QED) is 0.0176. The molecule has 0 N–H and O–H groups in total. The number of unbranched alkanes of at least 4 members (excludes halogenated alkanes) is 14. The van der Waals surface area contributed by atoms with Crippen LogP contribution in [0.1, 0.15) is 126 Å². The molecule has 5 aromatic rings. The van der Waals surface area contributed by atoms with Crippen molar-refractivity contribution in [2.75, 3.05) is 0 Å². The first-order valence-corrected chi connectivity index (χ1v) is 19.8. The Labute approximate surface area is 334 Å². The number of ether oxygens (including phenoxy) is 2. The van der Waals surface area contributed by atoms with E-state index >= 15 is 0 Å². The van der Waals surface area contributed by atoms with Crippen LogP contribution in [0, 0.1) is 0 Å². The number of carbonyl (C=O) groups is 2. The van der Waals surface area contributed by atoms with Crippen LogP contribution in [0.3, 0.4) is 0 Å². The molecule has 0 amide bonds. The van der Waals surface area contributed by atoms with Gasteiger partial charge in [-0.1, -0.05) is 115 Å². The molecular weight excluding hydrogens is 710 g/mol. The van der Waals surface area contributed by atoms with Crippen molar-refractivity contribution in [3.05, 3.63) is 139 Å². The van der Waals surface area contributed by atoms with Crippen molar-refractivity contribution < 1.29 is 36.1 Å². The van der Waals surface area contributed by atoms with E-state index in [0.29, 0.717) is 29.2 Å². The molecule has 6 heteroatoms. The summed E-state index contributed by atoms with van der Waals surface area (Å²) in [6.45, 7) is 2.27. The van der Waals surface area contributed by atoms with E-state index in [0.717, 1.165) is 29.5 Å². The van der Waals surface area contributed by atoms with Gasteiger partial charge in [0.25, 0.3) is 0 Å². The van der Waals surface area contributed by atoms with Crippen molar-refractivity contribution in [1.82, 2.24) is 0 Å². The van der Waals surface area contributed by atoms with E-state index in [4.69, 9.17) is 9.47 Å². The second kappa shape index (κ2) is 27.1. The summed E-state index contributed by atoms with van der Waals surface area (Å²) in [5, 5.41) is 0. The van der Waals surface area contributed by atoms with Crippen LogP contribution in [-0.2, 0) is 21.9 Å². The molecule has 0 aliphatic heterocycles. The van der Waals surface area contributed by atoms with Gasteiger partial charge in [-0.2, -0.15) is 30.3 Å². The number of benzene rings is 3. The second-order valence-electron chi connectivity index (χ2n) is 13.6. The number of rotatable bonds is 22. The number of hydrogen-bond donors (Lipinski definition) is 0. The molecule has 5 aromatic carbocycles. The van der Waals surface area contributed by atoms with Crippen molar-refractivity contribution in [1.29, 1.82) is 0 Å². The van der Waals surface area contributed by atoms with Crippen LogP contribution in [0.2, 0.25) is 0 Å². The number of aliphatic imine (C=N–C) groups is 1. The molecule has 0 spiro atoms. The van der Waals surface area contributed by atoms with Crippen molar-refractivity contribution in [3.63, 3.8) is 0 Å². The van der Waals surface area contributed by atoms with Crippen molar-refractivity contribution in [3.8, 4) is 22.6 Å². The minimum atomic E-state index is -0.420. The first kappa shape index (κ1) is 43.9. The summed E-state index contributed by atoms with van der Waals surface area (Å²) in [6.07, 6.45) is 21.7. The maximum atomic E-state index is 12.6. The second-order valence-corrected chi connectivity index (χ2v) is 13.6. The molecule has 0 atom stereocenters. The molecule has 0 saturated heterocycles. The van der Waals surface area contributed by atoms with Gasteiger partial charge in [-0.05, 0) is 60.5 Å². The summed E-state index contributed by atoms with van der Waals surface area (Å²) in [4.78, 5) is 29.4. The van der Waals surface area contributed by atoms with Gasteiger partial charge in [0.05, 0.1) is 11.3 Å². The summed E-state index contributed by atoms with van der Waals surface area (Å²) in [7, 11) is 0. The van der Waals surface area contributed by atoms with Crippen molar-refractivity contribution in [2.24, 2.45) is 4.99 Å². The third-order valence-corrected chi connectivity index (χ3v) is 9.18. The molecule has 0 fully saturated rings. The molecule has 54 heavy (non-hydrogen) atoms. The van der Waals surface area contributed by atoms with Gasteiger partial charge >= 0.3 is 29.0 Å². The zero-order chi connectivity index (χ0) is 37.2. The van der Waals surface area contributed by atoms with Gasteiger partial charge in [0, 0.05) is 12.6 Å². The molecule has 5 rings (SSSR count). The number of hydrogen-bond acceptors (Lipinski definition) is 5. The fourth-order valence-corrected chi connectivity index (χ4v) is 6.05. The summed E-state index contributed by atoms with van der Waals surface area (Å²) >= 11 is 0. The molecular formula is C48H57FeNO4. The Kier molecular flexibility index (Phi) is 22.1. The fourth-order valence-electron chi connectivity index (χ4n) is 6.05. The van der Waals surface area contributed by atoms with E-state index < -0.39 is 5.97 Å². The van der Waals surface area contributed by atoms with E-state index in [9.17, 15) is 9.59 Å². The van der Waals surface area contributed by atoms with Gasteiger partial charge < -0.3 is 9.47 Å². The van der Waals surface area contributed by atoms with Crippen LogP contribution in [-0.4, -0.2) is 18.2 Å². The Morgan fingerprint density at radius 3 is 1.63 bits per heavy atom. The van der Waals surface area contributed by atoms with Gasteiger partial charge in [-0.15, -0.1) is 29.8 Å². The summed E-state index contributed by atoms with van der Waals surface area (Å²) < 4.78 is 11.1. The average Bonchev–Trinajstić information content (AvgIpc) is 3.96. The largest absolute Gasteiger partial charge is 2.00 e. The summed E-state index contributed by atoms with van der Waals surface area (Å²) in [5.41, 5.74) is 4.24. The van der Waals surface area contributed by atoms with E-state index in [1.54, 1.807) is 54.7 Å². The molecule has 0 unspecified atom stereocenters. The smallest absolute Gasteiger partial charge is 0.427 e. The van der Waals surface area contributed by atoms with Gasteiger partial charge in [-0.25, -0.2) is 16.9 Å². The van der Waals surface area contributed by atoms with Crippen molar-refractivity contribution in [2.45, 2.75) is 110 Å². The SMILES string of the molecule is CCCCCCCCCCCCCCCCCC(=O)Oc1ccc(C=Nc2ccc(C(=O)Oc3ccc(-[c-]4cccc4)cc3)cc2)cc1.[Fe+2].c1cc[cH-]c1. The fraction of sp³-hybridized carbons (Fsp3) is 0.354. The van der Waals surface area contributed by atoms with E-state index in [2.05, 4.69) is 11.9 Å². The zero-order valence-electron chi connectivity index (χ0n) is 31.9. The van der Waals surface area contributed by atoms with Crippen LogP contribution in [0.15, 0.2) is 132 Å². The Hall–Kier alpha value is -4.51. The molecule has 286 valence electrons. The summed E-state index contributed by atoms with van der Waals surface area (Å²) in [6, 6.07) is 39.8. The summed E-state index contributed by atoms with van der Waals surface area (Å²) in [5.74, 6) is 0.439. The van der Waals surface area contributed by atoms with E-state index in [1.807, 2.05) is 78.9 Å². The molecule has 0 aliphatic carbocycles. The molecule has 0 saturated carbocycles. The predicted molar refractivity (Wildman–Crippen MR) is 220 cm³/mol. The molecule has 0 radical (unpaired) electrons. The maximum Gasteiger partial charge on any atom is 2.00 e. The van der Waals surface area contributed by atoms with Crippen molar-refractivity contribution >= 4 is 23.8 Å². The molecule has 0 aromatic heterocycles. The number of esters is 2. The maximum absolute atomic E-state index is 12.6. The first-order chi connectivity index (χ1) is 26.1. The van der Waals surface area contributed by atoms with Gasteiger partial charge in [0.15, 0.2) is 0 Å². The Morgan fingerprint density at radius 2 is 1.11 bits per heavy atom. The topological polar surface area (TPSA) is 65.0 Å². The molecule has 0 aliphatic rings. The van der Waals surface area contributed by atoms with Crippen LogP contribution in [0.25, 0.3) is 11.1 Å². The first-order valence-electron chi connectivity index (χ1n) is 19.8. The number of nitrogens with zero attached hydrogens (tertiary/aromatic N) is 1. The molecule has 5 nitrogen and oxygen atoms in total. The Bertz CT molecular complexity index is 1670. The normalized spacial score (nSPS) is 10.7. The third-order valence-electron chi connectivity index (χ3n) is 9.18. The number of carbonyl (C=O) groups excluding carboxylic acids is 2. The van der Waals surface area contributed by atoms with Crippen LogP contribution in [0.4, 0.5) is 5.69 Å². The third kappa shape index (κ3) is 18.0.